The van der Waals surface area contributed by atoms with E-state index in [0.717, 1.165) is 0 Å². The Kier molecular flexibility index (Phi) is 3.59. The third kappa shape index (κ3) is 2.35. The second kappa shape index (κ2) is 5.00. The molecule has 0 radical (unpaired) electrons. The third-order valence-electron chi connectivity index (χ3n) is 2.36. The molecule has 0 saturated heterocycles. The van der Waals surface area contributed by atoms with Crippen LogP contribution in [0, 0.1) is 13.8 Å². The average Bonchev–Trinajstić information content (AvgIpc) is 2.65. The summed E-state index contributed by atoms with van der Waals surface area (Å²) in [7, 11) is 0. The maximum Gasteiger partial charge on any atom is 0.349 e. The molecule has 94 valence electrons. The lowest BCUT2D eigenvalue weighted by atomic mass is 10.2. The fourth-order valence-corrected chi connectivity index (χ4v) is 1.82. The summed E-state index contributed by atoms with van der Waals surface area (Å²) in [5.74, 6) is 0.0280. The fourth-order valence-electron chi connectivity index (χ4n) is 1.49. The van der Waals surface area contributed by atoms with Gasteiger partial charge in [-0.2, -0.15) is 0 Å². The summed E-state index contributed by atoms with van der Waals surface area (Å²) < 4.78 is 10.1. The molecule has 0 N–H and O–H groups in total. The number of hydrogen-bond acceptors (Lipinski definition) is 4. The van der Waals surface area contributed by atoms with Crippen LogP contribution in [0.5, 0.6) is 5.75 Å². The Labute approximate surface area is 113 Å². The van der Waals surface area contributed by atoms with Crippen LogP contribution >= 0.6 is 23.2 Å². The summed E-state index contributed by atoms with van der Waals surface area (Å²) in [6.45, 7) is 3.29. The van der Waals surface area contributed by atoms with Crippen LogP contribution in [0.15, 0.2) is 22.7 Å². The van der Waals surface area contributed by atoms with Crippen molar-refractivity contribution in [3.8, 4) is 5.75 Å². The molecule has 1 heterocycles. The summed E-state index contributed by atoms with van der Waals surface area (Å²) in [4.78, 5) is 12.0. The van der Waals surface area contributed by atoms with Gasteiger partial charge in [-0.1, -0.05) is 34.4 Å². The SMILES string of the molecule is Cc1noc(C)c1C(=O)Oc1cccc(Cl)c1Cl. The van der Waals surface area contributed by atoms with Crippen molar-refractivity contribution in [2.75, 3.05) is 0 Å². The van der Waals surface area contributed by atoms with Crippen LogP contribution in [0.25, 0.3) is 0 Å². The number of benzene rings is 1. The number of aromatic nitrogens is 1. The molecule has 6 heteroatoms. The molecular weight excluding hydrogens is 277 g/mol. The molecule has 0 atom stereocenters. The number of esters is 1. The fraction of sp³-hybridized carbons (Fsp3) is 0.167. The zero-order chi connectivity index (χ0) is 13.3. The van der Waals surface area contributed by atoms with Crippen LogP contribution in [0.4, 0.5) is 0 Å². The first-order valence-electron chi connectivity index (χ1n) is 5.09. The maximum absolute atomic E-state index is 12.0. The van der Waals surface area contributed by atoms with Gasteiger partial charge in [0.15, 0.2) is 5.75 Å². The van der Waals surface area contributed by atoms with Gasteiger partial charge in [0.1, 0.15) is 16.3 Å². The minimum absolute atomic E-state index is 0.194. The van der Waals surface area contributed by atoms with Crippen molar-refractivity contribution in [1.82, 2.24) is 5.16 Å². The summed E-state index contributed by atoms with van der Waals surface area (Å²) in [6, 6.07) is 4.81. The van der Waals surface area contributed by atoms with Crippen molar-refractivity contribution in [3.05, 3.63) is 45.3 Å². The van der Waals surface area contributed by atoms with Gasteiger partial charge < -0.3 is 9.26 Å². The molecule has 0 aliphatic rings. The number of hydrogen-bond donors (Lipinski definition) is 0. The number of nitrogens with zero attached hydrogens (tertiary/aromatic N) is 1. The molecule has 0 aliphatic heterocycles. The van der Waals surface area contributed by atoms with Crippen LogP contribution < -0.4 is 4.74 Å². The lowest BCUT2D eigenvalue weighted by molar-refractivity contribution is 0.0732. The Hall–Kier alpha value is -1.52. The maximum atomic E-state index is 12.0. The van der Waals surface area contributed by atoms with Gasteiger partial charge in [0, 0.05) is 0 Å². The second-order valence-electron chi connectivity index (χ2n) is 3.64. The molecule has 0 bridgehead atoms. The highest BCUT2D eigenvalue weighted by molar-refractivity contribution is 6.43. The van der Waals surface area contributed by atoms with E-state index in [4.69, 9.17) is 32.5 Å². The molecular formula is C12H9Cl2NO3. The van der Waals surface area contributed by atoms with Crippen molar-refractivity contribution in [2.45, 2.75) is 13.8 Å². The molecule has 1 aromatic carbocycles. The standard InChI is InChI=1S/C12H9Cl2NO3/c1-6-10(7(2)18-15-6)12(16)17-9-5-3-4-8(13)11(9)14/h3-5H,1-2H3. The smallest absolute Gasteiger partial charge is 0.349 e. The van der Waals surface area contributed by atoms with Crippen molar-refractivity contribution in [2.24, 2.45) is 0 Å². The number of ether oxygens (including phenoxy) is 1. The highest BCUT2D eigenvalue weighted by Crippen LogP contribution is 2.32. The third-order valence-corrected chi connectivity index (χ3v) is 3.16. The van der Waals surface area contributed by atoms with E-state index < -0.39 is 5.97 Å². The molecule has 2 rings (SSSR count). The van der Waals surface area contributed by atoms with E-state index in [9.17, 15) is 4.79 Å². The van der Waals surface area contributed by atoms with Gasteiger partial charge in [0.05, 0.1) is 10.7 Å². The van der Waals surface area contributed by atoms with E-state index in [2.05, 4.69) is 5.16 Å². The Balaban J connectivity index is 2.30. The average molecular weight is 286 g/mol. The molecule has 0 unspecified atom stereocenters. The van der Waals surface area contributed by atoms with Crippen LogP contribution in [0.1, 0.15) is 21.8 Å². The first-order chi connectivity index (χ1) is 8.50. The monoisotopic (exact) mass is 285 g/mol. The van der Waals surface area contributed by atoms with Gasteiger partial charge in [0.25, 0.3) is 0 Å². The number of carbonyl (C=O) groups excluding carboxylic acids is 1. The summed E-state index contributed by atoms with van der Waals surface area (Å²) in [6.07, 6.45) is 0. The summed E-state index contributed by atoms with van der Waals surface area (Å²) >= 11 is 11.8. The van der Waals surface area contributed by atoms with Gasteiger partial charge in [-0.3, -0.25) is 0 Å². The largest absolute Gasteiger partial charge is 0.421 e. The summed E-state index contributed by atoms with van der Waals surface area (Å²) in [5.41, 5.74) is 0.765. The predicted molar refractivity (Wildman–Crippen MR) is 67.4 cm³/mol. The van der Waals surface area contributed by atoms with Gasteiger partial charge in [0.2, 0.25) is 0 Å². The summed E-state index contributed by atoms with van der Waals surface area (Å²) in [5, 5.41) is 4.20. The molecule has 0 saturated carbocycles. The van der Waals surface area contributed by atoms with E-state index in [0.29, 0.717) is 22.0 Å². The number of aryl methyl sites for hydroxylation is 2. The predicted octanol–water partition coefficient (Wildman–Crippen LogP) is 3.82. The van der Waals surface area contributed by atoms with Crippen molar-refractivity contribution in [1.29, 1.82) is 0 Å². The lowest BCUT2D eigenvalue weighted by Crippen LogP contribution is -2.10. The first-order valence-corrected chi connectivity index (χ1v) is 5.85. The molecule has 0 spiro atoms. The van der Waals surface area contributed by atoms with Crippen LogP contribution in [-0.4, -0.2) is 11.1 Å². The van der Waals surface area contributed by atoms with E-state index in [1.807, 2.05) is 0 Å². The van der Waals surface area contributed by atoms with Gasteiger partial charge in [-0.05, 0) is 26.0 Å². The van der Waals surface area contributed by atoms with E-state index in [1.165, 1.54) is 0 Å². The topological polar surface area (TPSA) is 52.3 Å². The highest BCUT2D eigenvalue weighted by Gasteiger charge is 2.20. The van der Waals surface area contributed by atoms with E-state index >= 15 is 0 Å². The minimum Gasteiger partial charge on any atom is -0.421 e. The molecule has 2 aromatic rings. The number of carbonyl (C=O) groups is 1. The Morgan fingerprint density at radius 1 is 1.33 bits per heavy atom. The van der Waals surface area contributed by atoms with Crippen molar-refractivity contribution in [3.63, 3.8) is 0 Å². The van der Waals surface area contributed by atoms with E-state index in [-0.39, 0.29) is 10.8 Å². The van der Waals surface area contributed by atoms with E-state index in [1.54, 1.807) is 32.0 Å². The molecule has 0 fully saturated rings. The molecule has 1 aromatic heterocycles. The molecule has 0 aliphatic carbocycles. The Morgan fingerprint density at radius 2 is 2.06 bits per heavy atom. The van der Waals surface area contributed by atoms with Crippen LogP contribution in [-0.2, 0) is 0 Å². The van der Waals surface area contributed by atoms with Crippen LogP contribution in [0.2, 0.25) is 10.0 Å². The number of halogens is 2. The zero-order valence-electron chi connectivity index (χ0n) is 9.66. The Bertz CT molecular complexity index is 588. The van der Waals surface area contributed by atoms with Gasteiger partial charge in [-0.15, -0.1) is 0 Å². The second-order valence-corrected chi connectivity index (χ2v) is 4.43. The van der Waals surface area contributed by atoms with Crippen molar-refractivity contribution >= 4 is 29.2 Å². The molecule has 18 heavy (non-hydrogen) atoms. The zero-order valence-corrected chi connectivity index (χ0v) is 11.2. The first kappa shape index (κ1) is 12.9. The normalized spacial score (nSPS) is 10.4. The quantitative estimate of drug-likeness (QED) is 0.622. The number of rotatable bonds is 2. The molecule has 0 amide bonds. The van der Waals surface area contributed by atoms with Crippen molar-refractivity contribution < 1.29 is 14.1 Å². The minimum atomic E-state index is -0.574. The highest BCUT2D eigenvalue weighted by atomic mass is 35.5. The van der Waals surface area contributed by atoms with Gasteiger partial charge in [-0.25, -0.2) is 4.79 Å². The van der Waals surface area contributed by atoms with Gasteiger partial charge >= 0.3 is 5.97 Å². The van der Waals surface area contributed by atoms with Crippen LogP contribution in [0.3, 0.4) is 0 Å². The lowest BCUT2D eigenvalue weighted by Gasteiger charge is -2.06. The Morgan fingerprint density at radius 3 is 2.67 bits per heavy atom. The molecule has 4 nitrogen and oxygen atoms in total.